The Labute approximate surface area is 139 Å². The van der Waals surface area contributed by atoms with E-state index in [0.29, 0.717) is 12.8 Å². The van der Waals surface area contributed by atoms with Gasteiger partial charge >= 0.3 is 6.18 Å². The van der Waals surface area contributed by atoms with E-state index in [1.165, 1.54) is 0 Å². The van der Waals surface area contributed by atoms with Crippen LogP contribution in [0, 0.1) is 5.92 Å². The van der Waals surface area contributed by atoms with Crippen molar-refractivity contribution < 1.29 is 18.0 Å². The first-order valence-electron chi connectivity index (χ1n) is 8.26. The summed E-state index contributed by atoms with van der Waals surface area (Å²) in [4.78, 5) is 12.3. The minimum absolute atomic E-state index is 0.00915. The topological polar surface area (TPSA) is 29.1 Å². The van der Waals surface area contributed by atoms with Crippen LogP contribution in [0.15, 0.2) is 42.5 Å². The highest BCUT2D eigenvalue weighted by Gasteiger charge is 2.42. The predicted molar refractivity (Wildman–Crippen MR) is 87.6 cm³/mol. The van der Waals surface area contributed by atoms with E-state index >= 15 is 0 Å². The summed E-state index contributed by atoms with van der Waals surface area (Å²) in [6.45, 7) is 0. The molecule has 0 bridgehead atoms. The summed E-state index contributed by atoms with van der Waals surface area (Å²) in [5.74, 6) is -1.51. The molecule has 1 aliphatic carbocycles. The Balaban J connectivity index is 1.65. The molecule has 5 heteroatoms. The van der Waals surface area contributed by atoms with Crippen LogP contribution in [0.1, 0.15) is 31.2 Å². The number of halogens is 3. The fraction of sp³-hybridized carbons (Fsp3) is 0.421. The second-order valence-corrected chi connectivity index (χ2v) is 6.48. The summed E-state index contributed by atoms with van der Waals surface area (Å²) >= 11 is 0. The van der Waals surface area contributed by atoms with Crippen molar-refractivity contribution in [3.05, 3.63) is 48.0 Å². The second-order valence-electron chi connectivity index (χ2n) is 6.48. The lowest BCUT2D eigenvalue weighted by Crippen LogP contribution is -2.42. The predicted octanol–water partition coefficient (Wildman–Crippen LogP) is 4.62. The summed E-state index contributed by atoms with van der Waals surface area (Å²) in [6.07, 6.45) is -2.70. The molecule has 0 aliphatic heterocycles. The number of carbonyl (C=O) groups excluding carboxylic acids is 1. The minimum atomic E-state index is -4.17. The molecule has 24 heavy (non-hydrogen) atoms. The molecule has 2 atom stereocenters. The van der Waals surface area contributed by atoms with Crippen molar-refractivity contribution in [1.82, 2.24) is 5.32 Å². The number of alkyl halides is 3. The second kappa shape index (κ2) is 6.83. The van der Waals surface area contributed by atoms with Gasteiger partial charge in [-0.25, -0.2) is 0 Å². The van der Waals surface area contributed by atoms with E-state index in [1.54, 1.807) is 0 Å². The molecule has 2 nitrogen and oxygen atoms in total. The Morgan fingerprint density at radius 2 is 1.83 bits per heavy atom. The third-order valence-electron chi connectivity index (χ3n) is 4.73. The van der Waals surface area contributed by atoms with E-state index in [2.05, 4.69) is 5.32 Å². The highest BCUT2D eigenvalue weighted by atomic mass is 19.4. The van der Waals surface area contributed by atoms with Gasteiger partial charge in [-0.2, -0.15) is 13.2 Å². The first-order chi connectivity index (χ1) is 11.4. The van der Waals surface area contributed by atoms with Crippen molar-refractivity contribution in [3.8, 4) is 0 Å². The van der Waals surface area contributed by atoms with Crippen molar-refractivity contribution in [1.29, 1.82) is 0 Å². The van der Waals surface area contributed by atoms with Crippen LogP contribution >= 0.6 is 0 Å². The van der Waals surface area contributed by atoms with E-state index in [4.69, 9.17) is 0 Å². The average molecular weight is 335 g/mol. The molecule has 0 radical (unpaired) electrons. The zero-order valence-corrected chi connectivity index (χ0v) is 13.3. The minimum Gasteiger partial charge on any atom is -0.353 e. The van der Waals surface area contributed by atoms with Gasteiger partial charge in [0.05, 0.1) is 12.3 Å². The molecule has 2 aromatic carbocycles. The lowest BCUT2D eigenvalue weighted by Gasteiger charge is -2.31. The number of benzene rings is 2. The molecular weight excluding hydrogens is 315 g/mol. The number of nitrogens with one attached hydrogen (secondary N) is 1. The Morgan fingerprint density at radius 1 is 1.08 bits per heavy atom. The maximum absolute atomic E-state index is 12.9. The SMILES string of the molecule is O=C(Cc1cccc2ccccc12)NC1CCCC(C(F)(F)F)C1. The highest BCUT2D eigenvalue weighted by Crippen LogP contribution is 2.37. The van der Waals surface area contributed by atoms with Crippen molar-refractivity contribution in [2.45, 2.75) is 44.3 Å². The van der Waals surface area contributed by atoms with Crippen LogP contribution in [0.5, 0.6) is 0 Å². The van der Waals surface area contributed by atoms with Crippen molar-refractivity contribution in [3.63, 3.8) is 0 Å². The number of amides is 1. The molecule has 1 N–H and O–H groups in total. The van der Waals surface area contributed by atoms with Gasteiger partial charge in [0, 0.05) is 6.04 Å². The Morgan fingerprint density at radius 3 is 2.62 bits per heavy atom. The number of hydrogen-bond acceptors (Lipinski definition) is 1. The van der Waals surface area contributed by atoms with Crippen molar-refractivity contribution >= 4 is 16.7 Å². The molecule has 1 fully saturated rings. The van der Waals surface area contributed by atoms with Crippen LogP contribution in [-0.4, -0.2) is 18.1 Å². The highest BCUT2D eigenvalue weighted by molar-refractivity contribution is 5.90. The number of carbonyl (C=O) groups is 1. The molecule has 128 valence electrons. The number of rotatable bonds is 3. The third-order valence-corrected chi connectivity index (χ3v) is 4.73. The van der Waals surface area contributed by atoms with E-state index in [0.717, 1.165) is 16.3 Å². The third kappa shape index (κ3) is 3.89. The molecule has 2 unspecified atom stereocenters. The van der Waals surface area contributed by atoms with Gasteiger partial charge in [-0.3, -0.25) is 4.79 Å². The largest absolute Gasteiger partial charge is 0.391 e. The van der Waals surface area contributed by atoms with Crippen LogP contribution in [0.4, 0.5) is 13.2 Å². The molecule has 3 rings (SSSR count). The van der Waals surface area contributed by atoms with Gasteiger partial charge in [0.2, 0.25) is 5.91 Å². The first kappa shape index (κ1) is 16.8. The number of hydrogen-bond donors (Lipinski definition) is 1. The molecule has 0 aromatic heterocycles. The van der Waals surface area contributed by atoms with E-state index in [-0.39, 0.29) is 31.2 Å². The zero-order chi connectivity index (χ0) is 17.2. The van der Waals surface area contributed by atoms with Gasteiger partial charge in [0.1, 0.15) is 0 Å². The normalized spacial score (nSPS) is 21.6. The molecule has 0 saturated heterocycles. The summed E-state index contributed by atoms with van der Waals surface area (Å²) in [5.41, 5.74) is 0.897. The van der Waals surface area contributed by atoms with Gasteiger partial charge in [-0.15, -0.1) is 0 Å². The maximum atomic E-state index is 12.9. The molecule has 1 amide bonds. The summed E-state index contributed by atoms with van der Waals surface area (Å²) < 4.78 is 38.6. The van der Waals surface area contributed by atoms with E-state index in [9.17, 15) is 18.0 Å². The molecule has 2 aromatic rings. The zero-order valence-electron chi connectivity index (χ0n) is 13.3. The summed E-state index contributed by atoms with van der Waals surface area (Å²) in [6, 6.07) is 13.2. The molecule has 0 spiro atoms. The Hall–Kier alpha value is -2.04. The summed E-state index contributed by atoms with van der Waals surface area (Å²) in [5, 5.41) is 4.85. The molecule has 0 heterocycles. The molecule has 1 saturated carbocycles. The van der Waals surface area contributed by atoms with Crippen molar-refractivity contribution in [2.75, 3.05) is 0 Å². The van der Waals surface area contributed by atoms with Gasteiger partial charge in [0.15, 0.2) is 0 Å². The Kier molecular flexibility index (Phi) is 4.78. The van der Waals surface area contributed by atoms with E-state index < -0.39 is 12.1 Å². The monoisotopic (exact) mass is 335 g/mol. The maximum Gasteiger partial charge on any atom is 0.391 e. The van der Waals surface area contributed by atoms with Gasteiger partial charge in [0.25, 0.3) is 0 Å². The van der Waals surface area contributed by atoms with Crippen LogP contribution in [0.25, 0.3) is 10.8 Å². The standard InChI is InChI=1S/C19H20F3NO/c20-19(21,22)15-8-4-9-16(12-15)23-18(24)11-14-7-3-6-13-5-1-2-10-17(13)14/h1-3,5-7,10,15-16H,4,8-9,11-12H2,(H,23,24). The van der Waals surface area contributed by atoms with Gasteiger partial charge < -0.3 is 5.32 Å². The lowest BCUT2D eigenvalue weighted by molar-refractivity contribution is -0.184. The van der Waals surface area contributed by atoms with Crippen LogP contribution < -0.4 is 5.32 Å². The first-order valence-corrected chi connectivity index (χ1v) is 8.26. The van der Waals surface area contributed by atoms with Gasteiger partial charge in [-0.1, -0.05) is 48.9 Å². The fourth-order valence-corrected chi connectivity index (χ4v) is 3.52. The van der Waals surface area contributed by atoms with Crippen molar-refractivity contribution in [2.24, 2.45) is 5.92 Å². The Bertz CT molecular complexity index is 721. The quantitative estimate of drug-likeness (QED) is 0.871. The molecule has 1 aliphatic rings. The average Bonchev–Trinajstić information content (AvgIpc) is 2.54. The lowest BCUT2D eigenvalue weighted by atomic mass is 9.85. The fourth-order valence-electron chi connectivity index (χ4n) is 3.52. The van der Waals surface area contributed by atoms with Crippen LogP contribution in [0.2, 0.25) is 0 Å². The van der Waals surface area contributed by atoms with Crippen LogP contribution in [0.3, 0.4) is 0 Å². The van der Waals surface area contributed by atoms with E-state index in [1.807, 2.05) is 42.5 Å². The molecular formula is C19H20F3NO. The number of fused-ring (bicyclic) bond motifs is 1. The van der Waals surface area contributed by atoms with Crippen LogP contribution in [-0.2, 0) is 11.2 Å². The summed E-state index contributed by atoms with van der Waals surface area (Å²) in [7, 11) is 0. The smallest absolute Gasteiger partial charge is 0.353 e. The van der Waals surface area contributed by atoms with Gasteiger partial charge in [-0.05, 0) is 35.6 Å².